The molecule has 1 aromatic carbocycles. The molecule has 2 aromatic rings. The van der Waals surface area contributed by atoms with Gasteiger partial charge in [0.2, 0.25) is 0 Å². The van der Waals surface area contributed by atoms with Crippen molar-refractivity contribution in [3.05, 3.63) is 41.7 Å². The van der Waals surface area contributed by atoms with Crippen molar-refractivity contribution in [1.82, 2.24) is 9.97 Å². The largest absolute Gasteiger partial charge is 0.493 e. The molecule has 100 valence electrons. The van der Waals surface area contributed by atoms with E-state index in [-0.39, 0.29) is 12.6 Å². The van der Waals surface area contributed by atoms with Gasteiger partial charge < -0.3 is 20.3 Å². The standard InChI is InChI=1S/C13H15N3O3/c1-18-12-4-9(8-17)2-3-11(12)19-13-15-6-10(5-14)7-16-13/h2-4,6-7,17H,5,8,14H2,1H3. The topological polar surface area (TPSA) is 90.5 Å². The lowest BCUT2D eigenvalue weighted by Crippen LogP contribution is -2.00. The SMILES string of the molecule is COc1cc(CO)ccc1Oc1ncc(CN)cn1. The maximum Gasteiger partial charge on any atom is 0.322 e. The average Bonchev–Trinajstić information content (AvgIpc) is 2.48. The van der Waals surface area contributed by atoms with Gasteiger partial charge in [0.1, 0.15) is 0 Å². The van der Waals surface area contributed by atoms with Crippen LogP contribution in [-0.4, -0.2) is 22.2 Å². The molecule has 0 saturated heterocycles. The summed E-state index contributed by atoms with van der Waals surface area (Å²) < 4.78 is 10.7. The third-order valence-corrected chi connectivity index (χ3v) is 2.53. The van der Waals surface area contributed by atoms with Gasteiger partial charge in [-0.05, 0) is 17.7 Å². The number of rotatable bonds is 5. The number of aliphatic hydroxyl groups is 1. The first-order valence-electron chi connectivity index (χ1n) is 5.73. The molecule has 0 fully saturated rings. The van der Waals surface area contributed by atoms with Crippen LogP contribution >= 0.6 is 0 Å². The molecule has 0 bridgehead atoms. The Balaban J connectivity index is 2.21. The van der Waals surface area contributed by atoms with E-state index in [1.54, 1.807) is 30.6 Å². The first-order valence-corrected chi connectivity index (χ1v) is 5.73. The molecule has 0 spiro atoms. The van der Waals surface area contributed by atoms with Gasteiger partial charge in [-0.3, -0.25) is 0 Å². The Kier molecular flexibility index (Phi) is 4.27. The van der Waals surface area contributed by atoms with Crippen LogP contribution in [0.1, 0.15) is 11.1 Å². The average molecular weight is 261 g/mol. The molecule has 0 aliphatic heterocycles. The fourth-order valence-electron chi connectivity index (χ4n) is 1.49. The summed E-state index contributed by atoms with van der Waals surface area (Å²) in [5, 5.41) is 9.06. The van der Waals surface area contributed by atoms with E-state index in [4.69, 9.17) is 20.3 Å². The van der Waals surface area contributed by atoms with Gasteiger partial charge in [0.25, 0.3) is 0 Å². The molecule has 6 nitrogen and oxygen atoms in total. The fraction of sp³-hybridized carbons (Fsp3) is 0.231. The van der Waals surface area contributed by atoms with E-state index in [9.17, 15) is 0 Å². The number of nitrogens with zero attached hydrogens (tertiary/aromatic N) is 2. The first-order chi connectivity index (χ1) is 9.26. The van der Waals surface area contributed by atoms with Crippen LogP contribution in [0.25, 0.3) is 0 Å². The minimum atomic E-state index is -0.0572. The summed E-state index contributed by atoms with van der Waals surface area (Å²) in [6, 6.07) is 5.35. The highest BCUT2D eigenvalue weighted by Gasteiger charge is 2.08. The maximum atomic E-state index is 9.06. The van der Waals surface area contributed by atoms with Gasteiger partial charge in [-0.2, -0.15) is 0 Å². The van der Waals surface area contributed by atoms with Gasteiger partial charge in [-0.25, -0.2) is 9.97 Å². The predicted molar refractivity (Wildman–Crippen MR) is 68.9 cm³/mol. The lowest BCUT2D eigenvalue weighted by atomic mass is 10.2. The minimum absolute atomic E-state index is 0.0572. The van der Waals surface area contributed by atoms with Gasteiger partial charge in [0.05, 0.1) is 13.7 Å². The maximum absolute atomic E-state index is 9.06. The van der Waals surface area contributed by atoms with Crippen molar-refractivity contribution in [1.29, 1.82) is 0 Å². The second-order valence-electron chi connectivity index (χ2n) is 3.82. The van der Waals surface area contributed by atoms with E-state index in [1.807, 2.05) is 0 Å². The Morgan fingerprint density at radius 1 is 1.16 bits per heavy atom. The monoisotopic (exact) mass is 261 g/mol. The van der Waals surface area contributed by atoms with E-state index >= 15 is 0 Å². The highest BCUT2D eigenvalue weighted by molar-refractivity contribution is 5.43. The number of hydrogen-bond donors (Lipinski definition) is 2. The Morgan fingerprint density at radius 3 is 2.47 bits per heavy atom. The highest BCUT2D eigenvalue weighted by Crippen LogP contribution is 2.30. The summed E-state index contributed by atoms with van der Waals surface area (Å²) in [7, 11) is 1.53. The Labute approximate surface area is 110 Å². The second-order valence-corrected chi connectivity index (χ2v) is 3.82. The molecule has 0 unspecified atom stereocenters. The van der Waals surface area contributed by atoms with E-state index in [0.717, 1.165) is 11.1 Å². The van der Waals surface area contributed by atoms with Crippen LogP contribution in [0.2, 0.25) is 0 Å². The van der Waals surface area contributed by atoms with E-state index in [1.165, 1.54) is 7.11 Å². The highest BCUT2D eigenvalue weighted by atomic mass is 16.5. The predicted octanol–water partition coefficient (Wildman–Crippen LogP) is 1.23. The van der Waals surface area contributed by atoms with Gasteiger partial charge in [-0.1, -0.05) is 6.07 Å². The summed E-state index contributed by atoms with van der Waals surface area (Å²) >= 11 is 0. The van der Waals surface area contributed by atoms with Crippen LogP contribution in [0.3, 0.4) is 0 Å². The first kappa shape index (κ1) is 13.3. The molecular formula is C13H15N3O3. The van der Waals surface area contributed by atoms with Crippen LogP contribution in [0.5, 0.6) is 17.5 Å². The van der Waals surface area contributed by atoms with Gasteiger partial charge in [0, 0.05) is 24.5 Å². The van der Waals surface area contributed by atoms with Gasteiger partial charge >= 0.3 is 6.01 Å². The van der Waals surface area contributed by atoms with E-state index in [2.05, 4.69) is 9.97 Å². The third-order valence-electron chi connectivity index (χ3n) is 2.53. The Hall–Kier alpha value is -2.18. The van der Waals surface area contributed by atoms with Crippen molar-refractivity contribution in [3.8, 4) is 17.5 Å². The van der Waals surface area contributed by atoms with Gasteiger partial charge in [-0.15, -0.1) is 0 Å². The van der Waals surface area contributed by atoms with Crippen molar-refractivity contribution in [2.45, 2.75) is 13.2 Å². The molecule has 1 heterocycles. The minimum Gasteiger partial charge on any atom is -0.493 e. The zero-order valence-corrected chi connectivity index (χ0v) is 10.5. The van der Waals surface area contributed by atoms with Crippen molar-refractivity contribution < 1.29 is 14.6 Å². The lowest BCUT2D eigenvalue weighted by Gasteiger charge is -2.10. The summed E-state index contributed by atoms with van der Waals surface area (Å²) in [4.78, 5) is 8.09. The summed E-state index contributed by atoms with van der Waals surface area (Å²) in [6.07, 6.45) is 3.22. The Bertz CT molecular complexity index is 543. The molecule has 0 atom stereocenters. The quantitative estimate of drug-likeness (QED) is 0.841. The number of benzene rings is 1. The fourth-order valence-corrected chi connectivity index (χ4v) is 1.49. The molecule has 0 aliphatic carbocycles. The second kappa shape index (κ2) is 6.12. The molecule has 0 saturated carbocycles. The number of ether oxygens (including phenoxy) is 2. The van der Waals surface area contributed by atoms with Crippen LogP contribution in [0.15, 0.2) is 30.6 Å². The van der Waals surface area contributed by atoms with Crippen molar-refractivity contribution >= 4 is 0 Å². The number of hydrogen-bond acceptors (Lipinski definition) is 6. The number of nitrogens with two attached hydrogens (primary N) is 1. The molecule has 6 heteroatoms. The normalized spacial score (nSPS) is 10.3. The molecular weight excluding hydrogens is 246 g/mol. The molecule has 0 aliphatic rings. The smallest absolute Gasteiger partial charge is 0.322 e. The molecule has 3 N–H and O–H groups in total. The lowest BCUT2D eigenvalue weighted by molar-refractivity contribution is 0.280. The number of methoxy groups -OCH3 is 1. The van der Waals surface area contributed by atoms with Crippen molar-refractivity contribution in [2.75, 3.05) is 7.11 Å². The number of aliphatic hydroxyl groups excluding tert-OH is 1. The zero-order chi connectivity index (χ0) is 13.7. The third kappa shape index (κ3) is 3.18. The zero-order valence-electron chi connectivity index (χ0n) is 10.5. The summed E-state index contributed by atoms with van der Waals surface area (Å²) in [6.45, 7) is 0.327. The molecule has 0 radical (unpaired) electrons. The molecule has 19 heavy (non-hydrogen) atoms. The number of aromatic nitrogens is 2. The molecule has 2 rings (SSSR count). The summed E-state index contributed by atoms with van der Waals surface area (Å²) in [5.41, 5.74) is 7.03. The van der Waals surface area contributed by atoms with Crippen LogP contribution in [0, 0.1) is 0 Å². The Morgan fingerprint density at radius 2 is 1.89 bits per heavy atom. The van der Waals surface area contributed by atoms with Gasteiger partial charge in [0.15, 0.2) is 11.5 Å². The van der Waals surface area contributed by atoms with Crippen LogP contribution in [0.4, 0.5) is 0 Å². The van der Waals surface area contributed by atoms with Crippen LogP contribution < -0.4 is 15.2 Å². The summed E-state index contributed by atoms with van der Waals surface area (Å²) in [5.74, 6) is 0.998. The van der Waals surface area contributed by atoms with Crippen LogP contribution in [-0.2, 0) is 13.2 Å². The van der Waals surface area contributed by atoms with E-state index in [0.29, 0.717) is 18.0 Å². The molecule has 0 amide bonds. The van der Waals surface area contributed by atoms with Crippen molar-refractivity contribution in [3.63, 3.8) is 0 Å². The van der Waals surface area contributed by atoms with E-state index < -0.39 is 0 Å². The van der Waals surface area contributed by atoms with Crippen molar-refractivity contribution in [2.24, 2.45) is 5.73 Å². The molecule has 1 aromatic heterocycles.